The quantitative estimate of drug-likeness (QED) is 0.109. The van der Waals surface area contributed by atoms with Gasteiger partial charge in [-0.15, -0.1) is 10.2 Å². The Morgan fingerprint density at radius 2 is 1.72 bits per heavy atom. The molecule has 0 atom stereocenters. The van der Waals surface area contributed by atoms with Crippen molar-refractivity contribution >= 4 is 49.2 Å². The van der Waals surface area contributed by atoms with E-state index in [9.17, 15) is 4.79 Å². The molecule has 0 bridgehead atoms. The number of benzene rings is 3. The summed E-state index contributed by atoms with van der Waals surface area (Å²) in [7, 11) is -2.18. The molecule has 3 aromatic heterocycles. The molecule has 1 fully saturated rings. The summed E-state index contributed by atoms with van der Waals surface area (Å²) in [5, 5.41) is 20.6. The lowest BCUT2D eigenvalue weighted by atomic mass is 9.92. The lowest BCUT2D eigenvalue weighted by Crippen LogP contribution is -2.43. The van der Waals surface area contributed by atoms with Crippen LogP contribution in [-0.2, 0) is 16.7 Å². The summed E-state index contributed by atoms with van der Waals surface area (Å²) in [5.41, 5.74) is 3.92. The molecule has 0 spiro atoms. The number of hydrogen-bond donors (Lipinski definition) is 2. The van der Waals surface area contributed by atoms with Gasteiger partial charge < -0.3 is 19.2 Å². The number of pyridine rings is 1. The van der Waals surface area contributed by atoms with Crippen LogP contribution in [0.5, 0.6) is 11.5 Å². The van der Waals surface area contributed by atoms with Crippen molar-refractivity contribution in [2.45, 2.75) is 81.4 Å². The number of carbonyl (C=O) groups is 1. The van der Waals surface area contributed by atoms with E-state index in [1.54, 1.807) is 16.4 Å². The number of fused-ring (bicyclic) bond motifs is 1. The number of aromatic nitrogens is 5. The zero-order valence-corrected chi connectivity index (χ0v) is 38.3. The van der Waals surface area contributed by atoms with Gasteiger partial charge in [0, 0.05) is 65.3 Å². The molecule has 0 saturated carbocycles. The topological polar surface area (TPSA) is 120 Å². The molecule has 3 aromatic carbocycles. The van der Waals surface area contributed by atoms with Gasteiger partial charge in [-0.2, -0.15) is 5.10 Å². The fourth-order valence-corrected chi connectivity index (χ4v) is 8.56. The van der Waals surface area contributed by atoms with Crippen molar-refractivity contribution in [2.24, 2.45) is 0 Å². The highest BCUT2D eigenvalue weighted by Gasteiger charge is 2.39. The summed E-state index contributed by atoms with van der Waals surface area (Å²) < 4.78 is 22.0. The molecule has 2 amide bonds. The second-order valence-electron chi connectivity index (χ2n) is 17.5. The molecule has 0 aliphatic carbocycles. The molecule has 60 heavy (non-hydrogen) atoms. The van der Waals surface area contributed by atoms with Crippen molar-refractivity contribution in [1.29, 1.82) is 0 Å². The van der Waals surface area contributed by atoms with E-state index in [4.69, 9.17) is 30.6 Å². The molecular formula is C45H55ClN8O4SSi. The van der Waals surface area contributed by atoms with Crippen LogP contribution in [0.2, 0.25) is 23.2 Å². The fourth-order valence-electron chi connectivity index (χ4n) is 6.35. The molecule has 0 unspecified atom stereocenters. The number of hydrogen-bond acceptors (Lipinski definition) is 9. The number of nitrogens with one attached hydrogen (secondary N) is 2. The second kappa shape index (κ2) is 18.0. The number of halogens is 1. The normalized spacial score (nSPS) is 14.0. The van der Waals surface area contributed by atoms with Gasteiger partial charge in [0.1, 0.15) is 23.9 Å². The summed E-state index contributed by atoms with van der Waals surface area (Å²) in [6.07, 6.45) is 2.05. The molecule has 12 nitrogen and oxygen atoms in total. The number of ether oxygens (including phenoxy) is 2. The van der Waals surface area contributed by atoms with Crippen molar-refractivity contribution in [3.8, 4) is 28.6 Å². The van der Waals surface area contributed by atoms with Crippen LogP contribution in [0.25, 0.3) is 22.7 Å². The molecule has 6 aromatic rings. The van der Waals surface area contributed by atoms with Crippen LogP contribution in [0.15, 0.2) is 101 Å². The predicted octanol–water partition coefficient (Wildman–Crippen LogP) is 10.1. The molecule has 4 heterocycles. The lowest BCUT2D eigenvalue weighted by Gasteiger charge is -2.36. The van der Waals surface area contributed by atoms with Crippen LogP contribution in [0.1, 0.15) is 52.8 Å². The number of carbonyl (C=O) groups excluding carboxylic acids is 1. The summed E-state index contributed by atoms with van der Waals surface area (Å²) in [6, 6.07) is 27.2. The van der Waals surface area contributed by atoms with Gasteiger partial charge >= 0.3 is 6.03 Å². The van der Waals surface area contributed by atoms with Crippen molar-refractivity contribution in [1.82, 2.24) is 34.6 Å². The Labute approximate surface area is 363 Å². The minimum absolute atomic E-state index is 0.0131. The lowest BCUT2D eigenvalue weighted by molar-refractivity contribution is 0.0322. The maximum Gasteiger partial charge on any atom is 0.320 e. The van der Waals surface area contributed by atoms with E-state index in [1.807, 2.05) is 89.5 Å². The molecule has 1 aliphatic rings. The Balaban J connectivity index is 1.04. The zero-order valence-electron chi connectivity index (χ0n) is 35.7. The van der Waals surface area contributed by atoms with Crippen LogP contribution in [0, 0.1) is 0 Å². The minimum atomic E-state index is -2.18. The van der Waals surface area contributed by atoms with Gasteiger partial charge in [0.05, 0.1) is 29.6 Å². The molecule has 7 rings (SSSR count). The maximum absolute atomic E-state index is 13.6. The molecule has 1 saturated heterocycles. The SMILES string of the molecule is CC(C)(C)c1cc(NC(=O)NCc2ccccc2Sc2ccc3nnc(-c4cccc(OCCN5CCOCC5)c4)n3c2)n(-c2ccc(Cl)c(O[Si](C)(C)C(C)(C)C)c2)n1. The van der Waals surface area contributed by atoms with Crippen LogP contribution < -0.4 is 19.8 Å². The van der Waals surface area contributed by atoms with Crippen LogP contribution in [-0.4, -0.2) is 83.1 Å². The molecule has 1 aliphatic heterocycles. The van der Waals surface area contributed by atoms with E-state index < -0.39 is 8.32 Å². The number of urea groups is 1. The third-order valence-corrected chi connectivity index (χ3v) is 16.7. The Morgan fingerprint density at radius 1 is 0.933 bits per heavy atom. The second-order valence-corrected chi connectivity index (χ2v) is 23.8. The Kier molecular flexibility index (Phi) is 13.0. The smallest absolute Gasteiger partial charge is 0.320 e. The van der Waals surface area contributed by atoms with Crippen molar-refractivity contribution in [3.05, 3.63) is 107 Å². The van der Waals surface area contributed by atoms with E-state index in [1.165, 1.54) is 0 Å². The Hall–Kier alpha value is -4.86. The molecule has 0 radical (unpaired) electrons. The number of morpholine rings is 1. The van der Waals surface area contributed by atoms with Gasteiger partial charge in [0.25, 0.3) is 8.32 Å². The van der Waals surface area contributed by atoms with E-state index in [2.05, 4.69) is 86.4 Å². The van der Waals surface area contributed by atoms with Gasteiger partial charge in [-0.1, -0.05) is 95.2 Å². The highest BCUT2D eigenvalue weighted by Crippen LogP contribution is 2.40. The average molecular weight is 868 g/mol. The monoisotopic (exact) mass is 866 g/mol. The van der Waals surface area contributed by atoms with Gasteiger partial charge in [-0.05, 0) is 66.2 Å². The Bertz CT molecular complexity index is 2450. The molecule has 15 heteroatoms. The zero-order chi connectivity index (χ0) is 42.7. The highest BCUT2D eigenvalue weighted by atomic mass is 35.5. The Morgan fingerprint density at radius 3 is 2.48 bits per heavy atom. The first-order valence-electron chi connectivity index (χ1n) is 20.3. The first kappa shape index (κ1) is 43.2. The predicted molar refractivity (Wildman–Crippen MR) is 243 cm³/mol. The third kappa shape index (κ3) is 10.3. The van der Waals surface area contributed by atoms with Gasteiger partial charge in [-0.25, -0.2) is 9.48 Å². The molecule has 2 N–H and O–H groups in total. The van der Waals surface area contributed by atoms with Crippen LogP contribution >= 0.6 is 23.4 Å². The number of rotatable bonds is 13. The van der Waals surface area contributed by atoms with Gasteiger partial charge in [0.2, 0.25) is 0 Å². The molecule has 316 valence electrons. The first-order valence-corrected chi connectivity index (χ1v) is 24.4. The first-order chi connectivity index (χ1) is 28.5. The fraction of sp³-hybridized carbons (Fsp3) is 0.378. The van der Waals surface area contributed by atoms with Crippen LogP contribution in [0.3, 0.4) is 0 Å². The number of anilines is 1. The van der Waals surface area contributed by atoms with Crippen molar-refractivity contribution in [2.75, 3.05) is 44.8 Å². The van der Waals surface area contributed by atoms with E-state index in [0.29, 0.717) is 29.7 Å². The van der Waals surface area contributed by atoms with Gasteiger partial charge in [-0.3, -0.25) is 14.6 Å². The van der Waals surface area contributed by atoms with Crippen molar-refractivity contribution < 1.29 is 18.7 Å². The average Bonchev–Trinajstić information content (AvgIpc) is 3.83. The van der Waals surface area contributed by atoms with Crippen molar-refractivity contribution in [3.63, 3.8) is 0 Å². The number of nitrogens with zero attached hydrogens (tertiary/aromatic N) is 6. The minimum Gasteiger partial charge on any atom is -0.542 e. The van der Waals surface area contributed by atoms with E-state index >= 15 is 0 Å². The summed E-state index contributed by atoms with van der Waals surface area (Å²) in [6.45, 7) is 22.4. The van der Waals surface area contributed by atoms with Crippen LogP contribution in [0.4, 0.5) is 10.6 Å². The molecular weight excluding hydrogens is 812 g/mol. The highest BCUT2D eigenvalue weighted by molar-refractivity contribution is 7.99. The standard InChI is InChI=1S/C45H55ClN8O4SSi/c1-44(2,3)39-28-41(54(51-39)33-16-18-36(46)37(27-33)58-60(7,8)45(4,5)6)48-43(55)47-29-32-12-9-10-15-38(32)59-35-17-19-40-49-50-42(53(40)30-35)31-13-11-14-34(26-31)57-25-22-52-20-23-56-24-21-52/h9-19,26-28,30H,20-25,29H2,1-8H3,(H2,47,48,55). The summed E-state index contributed by atoms with van der Waals surface area (Å²) in [5.74, 6) is 2.65. The summed E-state index contributed by atoms with van der Waals surface area (Å²) >= 11 is 8.28. The number of amides is 2. The van der Waals surface area contributed by atoms with Gasteiger partial charge in [0.15, 0.2) is 11.5 Å². The largest absolute Gasteiger partial charge is 0.542 e. The third-order valence-electron chi connectivity index (χ3n) is 10.9. The van der Waals surface area contributed by atoms with E-state index in [0.717, 1.165) is 82.4 Å². The maximum atomic E-state index is 13.6. The summed E-state index contributed by atoms with van der Waals surface area (Å²) in [4.78, 5) is 18.0. The van der Waals surface area contributed by atoms with E-state index in [-0.39, 0.29) is 16.5 Å².